The van der Waals surface area contributed by atoms with Crippen LogP contribution in [-0.4, -0.2) is 5.11 Å². The van der Waals surface area contributed by atoms with Crippen molar-refractivity contribution in [2.75, 3.05) is 0 Å². The van der Waals surface area contributed by atoms with Crippen LogP contribution in [0.2, 0.25) is 5.02 Å². The molecule has 78 valence electrons. The van der Waals surface area contributed by atoms with E-state index in [4.69, 9.17) is 11.6 Å². The van der Waals surface area contributed by atoms with Gasteiger partial charge in [-0.1, -0.05) is 36.4 Å². The summed E-state index contributed by atoms with van der Waals surface area (Å²) in [6.45, 7) is 7.09. The second kappa shape index (κ2) is 4.99. The lowest BCUT2D eigenvalue weighted by Gasteiger charge is -2.22. The van der Waals surface area contributed by atoms with Crippen molar-refractivity contribution in [3.8, 4) is 0 Å². The van der Waals surface area contributed by atoms with Crippen LogP contribution in [0, 0.1) is 0 Å². The van der Waals surface area contributed by atoms with Crippen LogP contribution in [0.4, 0.5) is 0 Å². The highest BCUT2D eigenvalue weighted by atomic mass is 35.5. The zero-order valence-electron chi connectivity index (χ0n) is 8.41. The average Bonchev–Trinajstić information content (AvgIpc) is 2.19. The first-order valence-electron chi connectivity index (χ1n) is 4.58. The molecule has 0 spiro atoms. The predicted molar refractivity (Wildman–Crippen MR) is 63.9 cm³/mol. The van der Waals surface area contributed by atoms with E-state index in [1.165, 1.54) is 6.08 Å². The van der Waals surface area contributed by atoms with Crippen molar-refractivity contribution in [2.45, 2.75) is 12.0 Å². The minimum absolute atomic E-state index is 0.414. The molecule has 0 amide bonds. The van der Waals surface area contributed by atoms with E-state index in [1.807, 2.05) is 0 Å². The van der Waals surface area contributed by atoms with Crippen LogP contribution >= 0.6 is 11.6 Å². The van der Waals surface area contributed by atoms with Gasteiger partial charge in [0, 0.05) is 11.4 Å². The Labute approximate surface area is 95.0 Å². The van der Waals surface area contributed by atoms with Gasteiger partial charge in [-0.2, -0.15) is 0 Å². The molecular weight excluding hydrogens is 208 g/mol. The topological polar surface area (TPSA) is 20.2 Å². The summed E-state index contributed by atoms with van der Waals surface area (Å²) < 4.78 is 0. The summed E-state index contributed by atoms with van der Waals surface area (Å²) in [5.41, 5.74) is 2.26. The Kier molecular flexibility index (Phi) is 3.93. The van der Waals surface area contributed by atoms with Gasteiger partial charge in [0.25, 0.3) is 0 Å². The lowest BCUT2D eigenvalue weighted by Crippen LogP contribution is -2.21. The van der Waals surface area contributed by atoms with E-state index in [0.29, 0.717) is 11.4 Å². The standard InChI is InChI=1S/C13H13ClO/c1-3-9-13(15,10-4-2)11-5-7-12(14)8-6-11/h3,5-8,10,15H,1-2,9H2. The van der Waals surface area contributed by atoms with Crippen molar-refractivity contribution in [2.24, 2.45) is 0 Å². The van der Waals surface area contributed by atoms with Crippen LogP contribution < -0.4 is 0 Å². The molecule has 1 unspecified atom stereocenters. The maximum absolute atomic E-state index is 10.3. The second-order valence-electron chi connectivity index (χ2n) is 3.27. The molecule has 0 heterocycles. The molecule has 0 aliphatic heterocycles. The van der Waals surface area contributed by atoms with Gasteiger partial charge in [-0.15, -0.1) is 12.3 Å². The van der Waals surface area contributed by atoms with Crippen LogP contribution in [0.15, 0.2) is 55.3 Å². The number of hydrogen-bond acceptors (Lipinski definition) is 1. The van der Waals surface area contributed by atoms with E-state index < -0.39 is 5.60 Å². The fourth-order valence-corrected chi connectivity index (χ4v) is 1.51. The Hall–Kier alpha value is -1.27. The van der Waals surface area contributed by atoms with Crippen LogP contribution in [0.3, 0.4) is 0 Å². The number of aliphatic hydroxyl groups is 1. The highest BCUT2D eigenvalue weighted by molar-refractivity contribution is 6.30. The lowest BCUT2D eigenvalue weighted by molar-refractivity contribution is 0.0932. The Morgan fingerprint density at radius 3 is 2.47 bits per heavy atom. The van der Waals surface area contributed by atoms with E-state index in [9.17, 15) is 5.11 Å². The second-order valence-corrected chi connectivity index (χ2v) is 3.71. The monoisotopic (exact) mass is 220 g/mol. The Morgan fingerprint density at radius 1 is 1.40 bits per heavy atom. The van der Waals surface area contributed by atoms with Crippen molar-refractivity contribution in [3.63, 3.8) is 0 Å². The van der Waals surface area contributed by atoms with Gasteiger partial charge in [-0.3, -0.25) is 0 Å². The van der Waals surface area contributed by atoms with Gasteiger partial charge in [-0.05, 0) is 23.8 Å². The fraction of sp³-hybridized carbons (Fsp3) is 0.154. The lowest BCUT2D eigenvalue weighted by atomic mass is 9.90. The van der Waals surface area contributed by atoms with Gasteiger partial charge in [0.1, 0.15) is 5.60 Å². The zero-order chi connectivity index (χ0) is 11.3. The van der Waals surface area contributed by atoms with Crippen LogP contribution in [0.5, 0.6) is 0 Å². The third-order valence-electron chi connectivity index (χ3n) is 2.14. The third-order valence-corrected chi connectivity index (χ3v) is 2.39. The van der Waals surface area contributed by atoms with E-state index in [0.717, 1.165) is 5.56 Å². The molecule has 2 heteroatoms. The minimum Gasteiger partial charge on any atom is -0.380 e. The van der Waals surface area contributed by atoms with Crippen LogP contribution in [-0.2, 0) is 5.60 Å². The Morgan fingerprint density at radius 2 is 2.00 bits per heavy atom. The van der Waals surface area contributed by atoms with Gasteiger partial charge in [0.05, 0.1) is 0 Å². The third kappa shape index (κ3) is 2.84. The quantitative estimate of drug-likeness (QED) is 0.609. The molecule has 0 aromatic heterocycles. The molecule has 1 atom stereocenters. The molecule has 0 aliphatic carbocycles. The summed E-state index contributed by atoms with van der Waals surface area (Å²) in [6, 6.07) is 7.03. The average molecular weight is 221 g/mol. The molecule has 0 saturated carbocycles. The molecular formula is C13H13ClO. The summed E-state index contributed by atoms with van der Waals surface area (Å²) in [4.78, 5) is 0. The van der Waals surface area contributed by atoms with Gasteiger partial charge >= 0.3 is 0 Å². The van der Waals surface area contributed by atoms with Gasteiger partial charge < -0.3 is 5.11 Å². The summed E-state index contributed by atoms with van der Waals surface area (Å²) in [5, 5.41) is 10.9. The number of hydrogen-bond donors (Lipinski definition) is 1. The molecule has 15 heavy (non-hydrogen) atoms. The molecule has 0 fully saturated rings. The summed E-state index contributed by atoms with van der Waals surface area (Å²) in [7, 11) is 0. The van der Waals surface area contributed by atoms with E-state index in [1.54, 1.807) is 30.3 Å². The van der Waals surface area contributed by atoms with Crippen molar-refractivity contribution < 1.29 is 5.11 Å². The molecule has 0 aliphatic rings. The Bertz CT molecular complexity index is 388. The van der Waals surface area contributed by atoms with Crippen molar-refractivity contribution in [3.05, 3.63) is 65.9 Å². The van der Waals surface area contributed by atoms with E-state index in [-0.39, 0.29) is 0 Å². The highest BCUT2D eigenvalue weighted by Crippen LogP contribution is 2.27. The normalized spacial score (nSPS) is 13.7. The SMILES string of the molecule is C=C=CC(O)(CC=C)c1ccc(Cl)cc1. The van der Waals surface area contributed by atoms with Crippen molar-refractivity contribution >= 4 is 11.6 Å². The number of rotatable bonds is 4. The number of halogens is 1. The Balaban J connectivity index is 3.14. The molecule has 0 radical (unpaired) electrons. The predicted octanol–water partition coefficient (Wildman–Crippen LogP) is 3.44. The molecule has 1 nitrogen and oxygen atoms in total. The van der Waals surface area contributed by atoms with E-state index >= 15 is 0 Å². The van der Waals surface area contributed by atoms with Gasteiger partial charge in [0.2, 0.25) is 0 Å². The summed E-state index contributed by atoms with van der Waals surface area (Å²) >= 11 is 5.78. The maximum atomic E-state index is 10.3. The van der Waals surface area contributed by atoms with Crippen molar-refractivity contribution in [1.82, 2.24) is 0 Å². The highest BCUT2D eigenvalue weighted by Gasteiger charge is 2.24. The first kappa shape index (κ1) is 11.8. The van der Waals surface area contributed by atoms with Gasteiger partial charge in [0.15, 0.2) is 0 Å². The molecule has 0 saturated heterocycles. The summed E-state index contributed by atoms with van der Waals surface area (Å²) in [6.07, 6.45) is 3.59. The zero-order valence-corrected chi connectivity index (χ0v) is 9.17. The van der Waals surface area contributed by atoms with Crippen molar-refractivity contribution in [1.29, 1.82) is 0 Å². The fourth-order valence-electron chi connectivity index (χ4n) is 1.39. The molecule has 1 N–H and O–H groups in total. The van der Waals surface area contributed by atoms with Crippen LogP contribution in [0.1, 0.15) is 12.0 Å². The molecule has 0 bridgehead atoms. The first-order chi connectivity index (χ1) is 7.12. The smallest absolute Gasteiger partial charge is 0.118 e. The molecule has 1 rings (SSSR count). The molecule has 1 aromatic carbocycles. The maximum Gasteiger partial charge on any atom is 0.118 e. The van der Waals surface area contributed by atoms with Crippen LogP contribution in [0.25, 0.3) is 0 Å². The number of benzene rings is 1. The molecule has 1 aromatic rings. The van der Waals surface area contributed by atoms with E-state index in [2.05, 4.69) is 18.9 Å². The first-order valence-corrected chi connectivity index (χ1v) is 4.96. The minimum atomic E-state index is -1.09. The largest absolute Gasteiger partial charge is 0.380 e. The van der Waals surface area contributed by atoms with Gasteiger partial charge in [-0.25, -0.2) is 0 Å². The summed E-state index contributed by atoms with van der Waals surface area (Å²) in [5.74, 6) is 0.